The van der Waals surface area contributed by atoms with E-state index in [1.54, 1.807) is 24.6 Å². The molecule has 21 heavy (non-hydrogen) atoms. The van der Waals surface area contributed by atoms with E-state index in [0.717, 1.165) is 11.5 Å². The molecule has 0 aromatic carbocycles. The quantitative estimate of drug-likeness (QED) is 0.737. The van der Waals surface area contributed by atoms with Gasteiger partial charge in [-0.15, -0.1) is 0 Å². The number of furan rings is 1. The van der Waals surface area contributed by atoms with Gasteiger partial charge in [-0.25, -0.2) is 9.78 Å². The van der Waals surface area contributed by atoms with Crippen molar-refractivity contribution in [2.45, 2.75) is 25.3 Å². The maximum absolute atomic E-state index is 11.9. The molecule has 2 N–H and O–H groups in total. The Bertz CT molecular complexity index is 563. The molecule has 0 saturated carbocycles. The van der Waals surface area contributed by atoms with E-state index in [1.165, 1.54) is 13.4 Å². The summed E-state index contributed by atoms with van der Waals surface area (Å²) in [4.78, 5) is 30.4. The second kappa shape index (κ2) is 7.28. The van der Waals surface area contributed by atoms with Crippen molar-refractivity contribution in [2.24, 2.45) is 0 Å². The molecule has 0 aliphatic heterocycles. The second-order valence-corrected chi connectivity index (χ2v) is 4.50. The third-order valence-corrected chi connectivity index (χ3v) is 2.98. The molecule has 0 spiro atoms. The average Bonchev–Trinajstić information content (AvgIpc) is 3.16. The Morgan fingerprint density at radius 2 is 2.38 bits per heavy atom. The van der Waals surface area contributed by atoms with Gasteiger partial charge in [-0.3, -0.25) is 4.79 Å². The van der Waals surface area contributed by atoms with Gasteiger partial charge in [0.1, 0.15) is 11.8 Å². The van der Waals surface area contributed by atoms with Crippen LogP contribution in [0, 0.1) is 0 Å². The molecule has 0 unspecified atom stereocenters. The van der Waals surface area contributed by atoms with E-state index in [9.17, 15) is 9.59 Å². The Labute approximate surface area is 121 Å². The van der Waals surface area contributed by atoms with Crippen LogP contribution < -0.4 is 5.32 Å². The molecule has 1 amide bonds. The predicted octanol–water partition coefficient (Wildman–Crippen LogP) is 0.836. The molecule has 1 atom stereocenters. The zero-order chi connectivity index (χ0) is 15.1. The first kappa shape index (κ1) is 14.8. The number of amides is 1. The Morgan fingerprint density at radius 1 is 1.52 bits per heavy atom. The smallest absolute Gasteiger partial charge is 0.328 e. The number of carbonyl (C=O) groups is 2. The number of hydrogen-bond acceptors (Lipinski definition) is 5. The first-order chi connectivity index (χ1) is 10.2. The minimum Gasteiger partial charge on any atom is -0.469 e. The van der Waals surface area contributed by atoms with Gasteiger partial charge in [-0.05, 0) is 12.1 Å². The van der Waals surface area contributed by atoms with Crippen LogP contribution in [0.4, 0.5) is 0 Å². The standard InChI is InChI=1S/C14H17N3O4/c1-20-14(19)12(7-10-8-15-9-16-10)17-13(18)5-4-11-3-2-6-21-11/h2-3,6,8-9,12H,4-5,7H2,1H3,(H,15,16)(H,17,18)/t12-/m0/s1. The zero-order valence-electron chi connectivity index (χ0n) is 11.7. The van der Waals surface area contributed by atoms with Crippen LogP contribution in [0.15, 0.2) is 35.3 Å². The summed E-state index contributed by atoms with van der Waals surface area (Å²) in [7, 11) is 1.29. The van der Waals surface area contributed by atoms with Crippen LogP contribution in [0.5, 0.6) is 0 Å². The van der Waals surface area contributed by atoms with Crippen molar-refractivity contribution < 1.29 is 18.7 Å². The van der Waals surface area contributed by atoms with Gasteiger partial charge in [0.2, 0.25) is 5.91 Å². The van der Waals surface area contributed by atoms with Gasteiger partial charge in [0, 0.05) is 31.2 Å². The molecule has 0 radical (unpaired) electrons. The largest absolute Gasteiger partial charge is 0.469 e. The molecular weight excluding hydrogens is 274 g/mol. The predicted molar refractivity (Wildman–Crippen MR) is 73.3 cm³/mol. The first-order valence-electron chi connectivity index (χ1n) is 6.56. The minimum atomic E-state index is -0.737. The van der Waals surface area contributed by atoms with Crippen molar-refractivity contribution in [2.75, 3.05) is 7.11 Å². The van der Waals surface area contributed by atoms with Gasteiger partial charge >= 0.3 is 5.97 Å². The van der Waals surface area contributed by atoms with E-state index >= 15 is 0 Å². The van der Waals surface area contributed by atoms with E-state index in [4.69, 9.17) is 9.15 Å². The summed E-state index contributed by atoms with van der Waals surface area (Å²) in [6, 6.07) is 2.83. The van der Waals surface area contributed by atoms with Crippen molar-refractivity contribution in [1.82, 2.24) is 15.3 Å². The maximum atomic E-state index is 11.9. The summed E-state index contributed by atoms with van der Waals surface area (Å²) in [6.07, 6.45) is 5.70. The van der Waals surface area contributed by atoms with Gasteiger partial charge in [-0.2, -0.15) is 0 Å². The van der Waals surface area contributed by atoms with Crippen molar-refractivity contribution in [3.63, 3.8) is 0 Å². The molecule has 2 aromatic heterocycles. The van der Waals surface area contributed by atoms with E-state index in [2.05, 4.69) is 15.3 Å². The summed E-state index contributed by atoms with van der Waals surface area (Å²) in [5.41, 5.74) is 0.747. The Morgan fingerprint density at radius 3 is 3.00 bits per heavy atom. The van der Waals surface area contributed by atoms with Crippen molar-refractivity contribution in [3.05, 3.63) is 42.4 Å². The molecule has 2 rings (SSSR count). The van der Waals surface area contributed by atoms with E-state index in [1.807, 2.05) is 0 Å². The number of aromatic amines is 1. The fourth-order valence-corrected chi connectivity index (χ4v) is 1.91. The number of aryl methyl sites for hydroxylation is 1. The number of aromatic nitrogens is 2. The van der Waals surface area contributed by atoms with Crippen LogP contribution in [0.3, 0.4) is 0 Å². The fourth-order valence-electron chi connectivity index (χ4n) is 1.91. The Balaban J connectivity index is 1.88. The molecule has 0 saturated heterocycles. The molecule has 0 bridgehead atoms. The first-order valence-corrected chi connectivity index (χ1v) is 6.56. The lowest BCUT2D eigenvalue weighted by molar-refractivity contribution is -0.145. The molecule has 0 aliphatic carbocycles. The third-order valence-electron chi connectivity index (χ3n) is 2.98. The normalized spacial score (nSPS) is 11.9. The van der Waals surface area contributed by atoms with Crippen molar-refractivity contribution in [3.8, 4) is 0 Å². The topological polar surface area (TPSA) is 97.2 Å². The fraction of sp³-hybridized carbons (Fsp3) is 0.357. The van der Waals surface area contributed by atoms with Crippen molar-refractivity contribution >= 4 is 11.9 Å². The summed E-state index contributed by atoms with van der Waals surface area (Å²) in [6.45, 7) is 0. The molecule has 112 valence electrons. The number of rotatable bonds is 7. The number of imidazole rings is 1. The number of ether oxygens (including phenoxy) is 1. The number of nitrogens with one attached hydrogen (secondary N) is 2. The van der Waals surface area contributed by atoms with Crippen molar-refractivity contribution in [1.29, 1.82) is 0 Å². The highest BCUT2D eigenvalue weighted by molar-refractivity contribution is 5.84. The molecule has 7 heteroatoms. The van der Waals surface area contributed by atoms with Gasteiger partial charge in [0.15, 0.2) is 0 Å². The van der Waals surface area contributed by atoms with Gasteiger partial charge in [0.05, 0.1) is 19.7 Å². The molecule has 2 aromatic rings. The maximum Gasteiger partial charge on any atom is 0.328 e. The molecule has 7 nitrogen and oxygen atoms in total. The van der Waals surface area contributed by atoms with E-state index < -0.39 is 12.0 Å². The lowest BCUT2D eigenvalue weighted by Gasteiger charge is -2.15. The van der Waals surface area contributed by atoms with Gasteiger partial charge in [-0.1, -0.05) is 0 Å². The van der Waals surface area contributed by atoms with Crippen LogP contribution >= 0.6 is 0 Å². The second-order valence-electron chi connectivity index (χ2n) is 4.50. The number of carbonyl (C=O) groups excluding carboxylic acids is 2. The van der Waals surface area contributed by atoms with Crippen LogP contribution in [0.1, 0.15) is 17.9 Å². The van der Waals surface area contributed by atoms with E-state index in [0.29, 0.717) is 12.8 Å². The van der Waals surface area contributed by atoms with Crippen LogP contribution in [0.2, 0.25) is 0 Å². The van der Waals surface area contributed by atoms with Crippen LogP contribution in [-0.2, 0) is 27.2 Å². The molecular formula is C14H17N3O4. The number of H-pyrrole nitrogens is 1. The highest BCUT2D eigenvalue weighted by Crippen LogP contribution is 2.05. The van der Waals surface area contributed by atoms with Crippen LogP contribution in [0.25, 0.3) is 0 Å². The highest BCUT2D eigenvalue weighted by atomic mass is 16.5. The van der Waals surface area contributed by atoms with Gasteiger partial charge in [0.25, 0.3) is 0 Å². The van der Waals surface area contributed by atoms with Crippen LogP contribution in [-0.4, -0.2) is 35.0 Å². The monoisotopic (exact) mass is 291 g/mol. The third kappa shape index (κ3) is 4.48. The summed E-state index contributed by atoms with van der Waals surface area (Å²) in [5, 5.41) is 2.67. The number of hydrogen-bond donors (Lipinski definition) is 2. The lowest BCUT2D eigenvalue weighted by Crippen LogP contribution is -2.43. The summed E-state index contributed by atoms with van der Waals surface area (Å²) in [5.74, 6) is 0.00519. The molecule has 0 aliphatic rings. The average molecular weight is 291 g/mol. The zero-order valence-corrected chi connectivity index (χ0v) is 11.7. The SMILES string of the molecule is COC(=O)[C@H](Cc1cnc[nH]1)NC(=O)CCc1ccco1. The number of methoxy groups -OCH3 is 1. The Kier molecular flexibility index (Phi) is 5.14. The molecule has 0 fully saturated rings. The number of esters is 1. The highest BCUT2D eigenvalue weighted by Gasteiger charge is 2.22. The van der Waals surface area contributed by atoms with Gasteiger partial charge < -0.3 is 19.5 Å². The van der Waals surface area contributed by atoms with E-state index in [-0.39, 0.29) is 12.3 Å². The molecule has 2 heterocycles. The summed E-state index contributed by atoms with van der Waals surface area (Å²) < 4.78 is 9.86. The lowest BCUT2D eigenvalue weighted by atomic mass is 10.1. The summed E-state index contributed by atoms with van der Waals surface area (Å²) >= 11 is 0. The number of nitrogens with zero attached hydrogens (tertiary/aromatic N) is 1. The Hall–Kier alpha value is -2.57. The minimum absolute atomic E-state index is 0.235.